The fraction of sp³-hybridized carbons (Fsp3) is 0.227. The lowest BCUT2D eigenvalue weighted by molar-refractivity contribution is -0.136. The number of aromatic nitrogens is 3. The number of fused-ring (bicyclic) bond motifs is 1. The van der Waals surface area contributed by atoms with Crippen molar-refractivity contribution in [3.8, 4) is 0 Å². The van der Waals surface area contributed by atoms with E-state index in [1.54, 1.807) is 12.3 Å². The highest BCUT2D eigenvalue weighted by atomic mass is 16.5. The van der Waals surface area contributed by atoms with E-state index in [-0.39, 0.29) is 17.9 Å². The summed E-state index contributed by atoms with van der Waals surface area (Å²) < 4.78 is 6.96. The van der Waals surface area contributed by atoms with Crippen LogP contribution in [0.25, 0.3) is 17.0 Å². The second-order valence-corrected chi connectivity index (χ2v) is 6.85. The van der Waals surface area contributed by atoms with Crippen LogP contribution < -0.4 is 17.0 Å². The average Bonchev–Trinajstić information content (AvgIpc) is 2.77. The average molecular weight is 422 g/mol. The molecule has 0 spiro atoms. The van der Waals surface area contributed by atoms with E-state index in [2.05, 4.69) is 4.98 Å². The molecule has 3 aromatic rings. The number of nitrogens with zero attached hydrogens (tertiary/aromatic N) is 3. The van der Waals surface area contributed by atoms with Gasteiger partial charge in [0.2, 0.25) is 5.78 Å². The summed E-state index contributed by atoms with van der Waals surface area (Å²) in [6, 6.07) is 9.25. The van der Waals surface area contributed by atoms with E-state index in [1.165, 1.54) is 19.2 Å². The van der Waals surface area contributed by atoms with Crippen molar-refractivity contribution in [1.29, 1.82) is 0 Å². The molecule has 2 aromatic heterocycles. The summed E-state index contributed by atoms with van der Waals surface area (Å²) in [7, 11) is 1.26. The van der Waals surface area contributed by atoms with Gasteiger partial charge in [0.15, 0.2) is 6.61 Å². The number of carbonyl (C=O) groups excluding carboxylic acids is 2. The van der Waals surface area contributed by atoms with Gasteiger partial charge in [-0.2, -0.15) is 0 Å². The zero-order valence-electron chi connectivity index (χ0n) is 17.2. The molecule has 0 saturated carbocycles. The minimum Gasteiger partial charge on any atom is -0.454 e. The Labute approximate surface area is 177 Å². The van der Waals surface area contributed by atoms with Gasteiger partial charge in [-0.25, -0.2) is 9.59 Å². The van der Waals surface area contributed by atoms with Crippen LogP contribution in [0.15, 0.2) is 52.2 Å². The summed E-state index contributed by atoms with van der Waals surface area (Å²) in [5.74, 6) is -1.77. The molecular formula is C22H22N4O5. The number of Topliss-reactive ketones (excluding diaryl/α,β-unsaturated/α-hetero) is 1. The third-order valence-electron chi connectivity index (χ3n) is 4.72. The van der Waals surface area contributed by atoms with E-state index in [0.29, 0.717) is 12.0 Å². The largest absolute Gasteiger partial charge is 0.454 e. The van der Waals surface area contributed by atoms with Crippen molar-refractivity contribution < 1.29 is 14.3 Å². The van der Waals surface area contributed by atoms with E-state index in [4.69, 9.17) is 10.5 Å². The molecule has 0 aliphatic heterocycles. The summed E-state index contributed by atoms with van der Waals surface area (Å²) in [5, 5.41) is 0.918. The number of ether oxygens (including phenoxy) is 1. The molecule has 0 amide bonds. The van der Waals surface area contributed by atoms with Crippen molar-refractivity contribution in [1.82, 2.24) is 14.1 Å². The summed E-state index contributed by atoms with van der Waals surface area (Å²) in [6.45, 7) is 1.40. The normalized spacial score (nSPS) is 11.2. The number of benzene rings is 1. The van der Waals surface area contributed by atoms with Crippen molar-refractivity contribution in [2.24, 2.45) is 7.05 Å². The molecule has 9 heteroatoms. The van der Waals surface area contributed by atoms with Crippen molar-refractivity contribution in [2.45, 2.75) is 19.9 Å². The first-order valence-corrected chi connectivity index (χ1v) is 9.66. The Bertz CT molecular complexity index is 1300. The molecule has 160 valence electrons. The molecule has 0 aliphatic rings. The maximum absolute atomic E-state index is 12.5. The first kappa shape index (κ1) is 21.7. The minimum atomic E-state index is -0.826. The van der Waals surface area contributed by atoms with Crippen LogP contribution in [0.4, 0.5) is 5.82 Å². The van der Waals surface area contributed by atoms with Gasteiger partial charge in [0, 0.05) is 36.8 Å². The molecule has 9 nitrogen and oxygen atoms in total. The molecule has 0 radical (unpaired) electrons. The maximum atomic E-state index is 12.5. The number of hydrogen-bond acceptors (Lipinski definition) is 7. The van der Waals surface area contributed by atoms with E-state index >= 15 is 0 Å². The molecule has 0 fully saturated rings. The molecule has 0 atom stereocenters. The summed E-state index contributed by atoms with van der Waals surface area (Å²) in [6.07, 6.45) is 4.95. The van der Waals surface area contributed by atoms with Gasteiger partial charge < -0.3 is 10.5 Å². The molecule has 2 heterocycles. The third-order valence-corrected chi connectivity index (χ3v) is 4.72. The highest BCUT2D eigenvalue weighted by molar-refractivity contribution is 6.02. The molecule has 0 bridgehead atoms. The Morgan fingerprint density at radius 3 is 2.68 bits per heavy atom. The quantitative estimate of drug-likeness (QED) is 0.347. The standard InChI is InChI=1S/C22H22N4O5/c1-3-12-26-20(23)18(21(29)25(2)22(26)30)16(27)13-31-17(28)10-9-15-7-4-6-14-8-5-11-24-19(14)15/h4-11H,3,12-13,23H2,1-2H3/b10-9-. The minimum absolute atomic E-state index is 0.228. The number of ketones is 1. The number of hydrogen-bond donors (Lipinski definition) is 1. The van der Waals surface area contributed by atoms with Gasteiger partial charge in [-0.1, -0.05) is 31.2 Å². The summed E-state index contributed by atoms with van der Waals surface area (Å²) >= 11 is 0. The Balaban J connectivity index is 1.76. The van der Waals surface area contributed by atoms with Gasteiger partial charge in [0.1, 0.15) is 11.4 Å². The lowest BCUT2D eigenvalue weighted by Crippen LogP contribution is -2.43. The number of carbonyl (C=O) groups is 2. The predicted octanol–water partition coefficient (Wildman–Crippen LogP) is 1.53. The van der Waals surface area contributed by atoms with Crippen molar-refractivity contribution >= 4 is 34.5 Å². The van der Waals surface area contributed by atoms with Crippen LogP contribution in [-0.2, 0) is 23.1 Å². The molecule has 0 aliphatic carbocycles. The Morgan fingerprint density at radius 2 is 1.94 bits per heavy atom. The highest BCUT2D eigenvalue weighted by Gasteiger charge is 2.22. The Hall–Kier alpha value is -4.01. The van der Waals surface area contributed by atoms with E-state index in [0.717, 1.165) is 20.0 Å². The van der Waals surface area contributed by atoms with E-state index < -0.39 is 29.6 Å². The molecule has 1 aromatic carbocycles. The van der Waals surface area contributed by atoms with E-state index in [9.17, 15) is 19.2 Å². The number of esters is 1. The van der Waals surface area contributed by atoms with Crippen molar-refractivity contribution in [2.75, 3.05) is 12.3 Å². The molecule has 31 heavy (non-hydrogen) atoms. The van der Waals surface area contributed by atoms with Gasteiger partial charge in [0.05, 0.1) is 5.52 Å². The Kier molecular flexibility index (Phi) is 6.44. The monoisotopic (exact) mass is 422 g/mol. The first-order chi connectivity index (χ1) is 14.8. The van der Waals surface area contributed by atoms with Crippen molar-refractivity contribution in [3.63, 3.8) is 0 Å². The van der Waals surface area contributed by atoms with Crippen LogP contribution in [0.3, 0.4) is 0 Å². The molecule has 3 rings (SSSR count). The molecule has 2 N–H and O–H groups in total. The van der Waals surface area contributed by atoms with Gasteiger partial charge in [0.25, 0.3) is 5.56 Å². The molecule has 0 saturated heterocycles. The zero-order valence-corrected chi connectivity index (χ0v) is 17.2. The van der Waals surface area contributed by atoms with Crippen LogP contribution in [0.5, 0.6) is 0 Å². The lowest BCUT2D eigenvalue weighted by Gasteiger charge is -2.13. The van der Waals surface area contributed by atoms with Gasteiger partial charge in [-0.3, -0.25) is 23.7 Å². The second kappa shape index (κ2) is 9.21. The predicted molar refractivity (Wildman–Crippen MR) is 117 cm³/mol. The molecular weight excluding hydrogens is 400 g/mol. The number of rotatable bonds is 7. The molecule has 0 unspecified atom stereocenters. The topological polar surface area (TPSA) is 126 Å². The number of nitrogens with two attached hydrogens (primary N) is 1. The van der Waals surface area contributed by atoms with Crippen LogP contribution >= 0.6 is 0 Å². The number of anilines is 1. The fourth-order valence-corrected chi connectivity index (χ4v) is 3.16. The van der Waals surface area contributed by atoms with Crippen LogP contribution in [0.1, 0.15) is 29.3 Å². The third kappa shape index (κ3) is 4.45. The summed E-state index contributed by atoms with van der Waals surface area (Å²) in [4.78, 5) is 53.5. The number of pyridine rings is 1. The van der Waals surface area contributed by atoms with Crippen molar-refractivity contribution in [3.05, 3.63) is 74.6 Å². The smallest absolute Gasteiger partial charge is 0.332 e. The SMILES string of the molecule is CCCn1c(N)c(C(=O)COC(=O)/C=C\c2cccc3cccnc23)c(=O)n(C)c1=O. The van der Waals surface area contributed by atoms with Gasteiger partial charge in [-0.05, 0) is 18.6 Å². The zero-order chi connectivity index (χ0) is 22.5. The van der Waals surface area contributed by atoms with Crippen LogP contribution in [0, 0.1) is 0 Å². The number of para-hydroxylation sites is 1. The summed E-state index contributed by atoms with van der Waals surface area (Å²) in [5.41, 5.74) is 5.54. The first-order valence-electron chi connectivity index (χ1n) is 9.66. The van der Waals surface area contributed by atoms with Gasteiger partial charge >= 0.3 is 11.7 Å². The fourth-order valence-electron chi connectivity index (χ4n) is 3.16. The van der Waals surface area contributed by atoms with E-state index in [1.807, 2.05) is 31.2 Å². The lowest BCUT2D eigenvalue weighted by atomic mass is 10.1. The highest BCUT2D eigenvalue weighted by Crippen LogP contribution is 2.17. The second-order valence-electron chi connectivity index (χ2n) is 6.85. The number of nitrogen functional groups attached to an aromatic ring is 1. The Morgan fingerprint density at radius 1 is 1.19 bits per heavy atom. The maximum Gasteiger partial charge on any atom is 0.332 e. The van der Waals surface area contributed by atoms with Gasteiger partial charge in [-0.15, -0.1) is 0 Å². The van der Waals surface area contributed by atoms with Crippen LogP contribution in [-0.4, -0.2) is 32.5 Å². The van der Waals surface area contributed by atoms with Crippen LogP contribution in [0.2, 0.25) is 0 Å².